The molecule has 0 radical (unpaired) electrons. The molecule has 0 atom stereocenters. The average molecular weight is 189 g/mol. The minimum Gasteiger partial charge on any atom is -0.313 e. The van der Waals surface area contributed by atoms with Crippen molar-refractivity contribution in [3.63, 3.8) is 0 Å². The zero-order chi connectivity index (χ0) is 9.84. The summed E-state index contributed by atoms with van der Waals surface area (Å²) in [7, 11) is 0. The van der Waals surface area contributed by atoms with E-state index in [4.69, 9.17) is 0 Å². The van der Waals surface area contributed by atoms with Crippen molar-refractivity contribution in [2.75, 3.05) is 6.54 Å². The highest BCUT2D eigenvalue weighted by atomic mass is 19.2. The highest BCUT2D eigenvalue weighted by Gasteiger charge is 2.09. The summed E-state index contributed by atoms with van der Waals surface area (Å²) in [6.07, 6.45) is 0. The van der Waals surface area contributed by atoms with E-state index in [-0.39, 0.29) is 12.1 Å². The molecule has 0 aromatic heterocycles. The number of hydrogen-bond donors (Lipinski definition) is 1. The van der Waals surface area contributed by atoms with E-state index < -0.39 is 17.5 Å². The summed E-state index contributed by atoms with van der Waals surface area (Å²) in [4.78, 5) is 0. The zero-order valence-corrected chi connectivity index (χ0v) is 7.20. The van der Waals surface area contributed by atoms with E-state index in [1.54, 1.807) is 0 Å². The van der Waals surface area contributed by atoms with E-state index in [0.29, 0.717) is 12.6 Å². The van der Waals surface area contributed by atoms with Gasteiger partial charge in [0.15, 0.2) is 11.6 Å². The predicted molar refractivity (Wildman–Crippen MR) is 43.7 cm³/mol. The van der Waals surface area contributed by atoms with Crippen LogP contribution >= 0.6 is 0 Å². The highest BCUT2D eigenvalue weighted by Crippen LogP contribution is 2.13. The maximum atomic E-state index is 12.9. The molecule has 1 rings (SSSR count). The largest absolute Gasteiger partial charge is 0.313 e. The molecule has 0 bridgehead atoms. The van der Waals surface area contributed by atoms with Crippen LogP contribution in [0.5, 0.6) is 0 Å². The van der Waals surface area contributed by atoms with Crippen LogP contribution in [0.15, 0.2) is 12.1 Å². The van der Waals surface area contributed by atoms with Crippen LogP contribution in [0.3, 0.4) is 0 Å². The van der Waals surface area contributed by atoms with E-state index in [2.05, 4.69) is 5.32 Å². The van der Waals surface area contributed by atoms with Gasteiger partial charge in [0.2, 0.25) is 0 Å². The molecule has 4 heteroatoms. The third-order valence-corrected chi connectivity index (χ3v) is 1.63. The Morgan fingerprint density at radius 1 is 1.23 bits per heavy atom. The highest BCUT2D eigenvalue weighted by molar-refractivity contribution is 5.20. The van der Waals surface area contributed by atoms with E-state index in [0.717, 1.165) is 6.07 Å². The molecule has 0 aliphatic rings. The molecule has 13 heavy (non-hydrogen) atoms. The molecule has 1 N–H and O–H groups in total. The van der Waals surface area contributed by atoms with Gasteiger partial charge < -0.3 is 5.32 Å². The van der Waals surface area contributed by atoms with Gasteiger partial charge in [-0.1, -0.05) is 6.92 Å². The number of hydrogen-bond acceptors (Lipinski definition) is 1. The molecule has 0 saturated carbocycles. The van der Waals surface area contributed by atoms with Crippen molar-refractivity contribution >= 4 is 0 Å². The summed E-state index contributed by atoms with van der Waals surface area (Å²) in [6.45, 7) is 2.59. The monoisotopic (exact) mass is 189 g/mol. The Morgan fingerprint density at radius 2 is 1.92 bits per heavy atom. The summed E-state index contributed by atoms with van der Waals surface area (Å²) in [5.41, 5.74) is 0.0133. The fraction of sp³-hybridized carbons (Fsp3) is 0.333. The first-order chi connectivity index (χ1) is 6.15. The fourth-order valence-electron chi connectivity index (χ4n) is 0.998. The number of benzene rings is 1. The Hall–Kier alpha value is -1.03. The molecule has 0 amide bonds. The van der Waals surface area contributed by atoms with Gasteiger partial charge in [0.05, 0.1) is 0 Å². The van der Waals surface area contributed by atoms with Gasteiger partial charge in [-0.2, -0.15) is 0 Å². The molecule has 0 heterocycles. The molecule has 1 nitrogen and oxygen atoms in total. The van der Waals surface area contributed by atoms with E-state index >= 15 is 0 Å². The summed E-state index contributed by atoms with van der Waals surface area (Å²) in [5.74, 6) is -2.89. The third-order valence-electron chi connectivity index (χ3n) is 1.63. The van der Waals surface area contributed by atoms with Crippen molar-refractivity contribution in [2.24, 2.45) is 0 Å². The average Bonchev–Trinajstić information content (AvgIpc) is 2.09. The molecular formula is C9H10F3N. The Balaban J connectivity index is 2.92. The molecule has 0 aliphatic carbocycles. The van der Waals surface area contributed by atoms with Crippen molar-refractivity contribution in [2.45, 2.75) is 13.5 Å². The lowest BCUT2D eigenvalue weighted by atomic mass is 10.2. The lowest BCUT2D eigenvalue weighted by molar-refractivity contribution is 0.480. The van der Waals surface area contributed by atoms with Gasteiger partial charge in [0.25, 0.3) is 0 Å². The Bertz CT molecular complexity index is 299. The normalized spacial score (nSPS) is 10.5. The van der Waals surface area contributed by atoms with Crippen molar-refractivity contribution in [1.82, 2.24) is 5.32 Å². The summed E-state index contributed by atoms with van der Waals surface area (Å²) in [5, 5.41) is 2.79. The van der Waals surface area contributed by atoms with Crippen LogP contribution in [0.25, 0.3) is 0 Å². The topological polar surface area (TPSA) is 12.0 Å². The Labute approximate surface area is 74.6 Å². The first kappa shape index (κ1) is 10.1. The van der Waals surface area contributed by atoms with Crippen LogP contribution in [-0.2, 0) is 6.54 Å². The quantitative estimate of drug-likeness (QED) is 0.719. The van der Waals surface area contributed by atoms with Crippen molar-refractivity contribution in [3.8, 4) is 0 Å². The lowest BCUT2D eigenvalue weighted by Gasteiger charge is -2.04. The van der Waals surface area contributed by atoms with Gasteiger partial charge in [0.1, 0.15) is 5.82 Å². The Morgan fingerprint density at radius 3 is 2.54 bits per heavy atom. The number of halogens is 3. The smallest absolute Gasteiger partial charge is 0.163 e. The van der Waals surface area contributed by atoms with Gasteiger partial charge >= 0.3 is 0 Å². The van der Waals surface area contributed by atoms with Gasteiger partial charge in [-0.25, -0.2) is 13.2 Å². The van der Waals surface area contributed by atoms with Gasteiger partial charge in [0, 0.05) is 18.2 Å². The summed E-state index contributed by atoms with van der Waals surface area (Å²) in [6, 6.07) is 1.52. The second-order valence-electron chi connectivity index (χ2n) is 2.64. The summed E-state index contributed by atoms with van der Waals surface area (Å²) < 4.78 is 38.1. The van der Waals surface area contributed by atoms with Crippen LogP contribution < -0.4 is 5.32 Å². The summed E-state index contributed by atoms with van der Waals surface area (Å²) >= 11 is 0. The molecule has 0 aliphatic heterocycles. The minimum atomic E-state index is -1.15. The molecule has 1 aromatic carbocycles. The molecule has 0 unspecified atom stereocenters. The van der Waals surface area contributed by atoms with E-state index in [9.17, 15) is 13.2 Å². The van der Waals surface area contributed by atoms with E-state index in [1.165, 1.54) is 0 Å². The van der Waals surface area contributed by atoms with E-state index in [1.807, 2.05) is 6.92 Å². The van der Waals surface area contributed by atoms with Crippen molar-refractivity contribution in [3.05, 3.63) is 35.1 Å². The predicted octanol–water partition coefficient (Wildman–Crippen LogP) is 2.21. The molecule has 0 saturated heterocycles. The van der Waals surface area contributed by atoms with Crippen LogP contribution in [0.4, 0.5) is 13.2 Å². The Kier molecular flexibility index (Phi) is 3.31. The zero-order valence-electron chi connectivity index (χ0n) is 7.20. The third kappa shape index (κ3) is 2.45. The van der Waals surface area contributed by atoms with Crippen LogP contribution in [-0.4, -0.2) is 6.54 Å². The first-order valence-electron chi connectivity index (χ1n) is 3.99. The molecule has 72 valence electrons. The van der Waals surface area contributed by atoms with Crippen LogP contribution in [0.1, 0.15) is 12.5 Å². The van der Waals surface area contributed by atoms with Crippen molar-refractivity contribution < 1.29 is 13.2 Å². The lowest BCUT2D eigenvalue weighted by Crippen LogP contribution is -2.13. The molecule has 0 spiro atoms. The maximum absolute atomic E-state index is 12.9. The molecule has 0 fully saturated rings. The van der Waals surface area contributed by atoms with Crippen molar-refractivity contribution in [1.29, 1.82) is 0 Å². The second-order valence-corrected chi connectivity index (χ2v) is 2.64. The number of rotatable bonds is 3. The minimum absolute atomic E-state index is 0.0133. The molecule has 1 aromatic rings. The van der Waals surface area contributed by atoms with Crippen LogP contribution in [0.2, 0.25) is 0 Å². The van der Waals surface area contributed by atoms with Gasteiger partial charge in [-0.15, -0.1) is 0 Å². The molecular weight excluding hydrogens is 179 g/mol. The van der Waals surface area contributed by atoms with Gasteiger partial charge in [-0.05, 0) is 12.6 Å². The standard InChI is InChI=1S/C9H10F3N/c1-2-13-5-6-3-7(10)4-8(11)9(6)12/h3-4,13H,2,5H2,1H3. The van der Waals surface area contributed by atoms with Crippen LogP contribution in [0, 0.1) is 17.5 Å². The second kappa shape index (κ2) is 4.28. The van der Waals surface area contributed by atoms with Gasteiger partial charge in [-0.3, -0.25) is 0 Å². The SMILES string of the molecule is CCNCc1cc(F)cc(F)c1F. The fourth-order valence-corrected chi connectivity index (χ4v) is 0.998. The maximum Gasteiger partial charge on any atom is 0.163 e. The number of nitrogens with one attached hydrogen (secondary N) is 1. The first-order valence-corrected chi connectivity index (χ1v) is 3.99.